The van der Waals surface area contributed by atoms with Crippen LogP contribution in [0.2, 0.25) is 0 Å². The van der Waals surface area contributed by atoms with Gasteiger partial charge in [-0.1, -0.05) is 13.0 Å². The summed E-state index contributed by atoms with van der Waals surface area (Å²) >= 11 is 0. The molecule has 1 aliphatic carbocycles. The quantitative estimate of drug-likeness (QED) is 0.625. The van der Waals surface area contributed by atoms with Gasteiger partial charge >= 0.3 is 0 Å². The van der Waals surface area contributed by atoms with Crippen LogP contribution in [-0.4, -0.2) is 10.5 Å². The summed E-state index contributed by atoms with van der Waals surface area (Å²) in [4.78, 5) is 10.3. The Hall–Kier alpha value is -1.58. The number of anilines is 1. The van der Waals surface area contributed by atoms with Gasteiger partial charge in [0.15, 0.2) is 0 Å². The molecule has 0 aliphatic heterocycles. The van der Waals surface area contributed by atoms with Crippen LogP contribution in [0.1, 0.15) is 32.6 Å². The molecule has 0 aromatic heterocycles. The van der Waals surface area contributed by atoms with Crippen molar-refractivity contribution in [3.63, 3.8) is 0 Å². The Labute approximate surface area is 94.8 Å². The van der Waals surface area contributed by atoms with E-state index in [4.69, 9.17) is 0 Å². The smallest absolute Gasteiger partial charge is 0.271 e. The third-order valence-corrected chi connectivity index (χ3v) is 3.45. The van der Waals surface area contributed by atoms with Gasteiger partial charge in [0.1, 0.15) is 0 Å². The minimum Gasteiger partial charge on any atom is -0.379 e. The summed E-state index contributed by atoms with van der Waals surface area (Å²) < 4.78 is 0. The van der Waals surface area contributed by atoms with Crippen LogP contribution in [0.25, 0.3) is 0 Å². The van der Waals surface area contributed by atoms with E-state index in [1.54, 1.807) is 12.1 Å². The van der Waals surface area contributed by atoms with E-state index >= 15 is 0 Å². The lowest BCUT2D eigenvalue weighted by atomic mass is 9.74. The van der Waals surface area contributed by atoms with E-state index in [1.807, 2.05) is 6.07 Å². The molecule has 1 N–H and O–H groups in total. The van der Waals surface area contributed by atoms with Crippen molar-refractivity contribution in [1.29, 1.82) is 0 Å². The van der Waals surface area contributed by atoms with E-state index in [1.165, 1.54) is 12.5 Å². The molecule has 86 valence electrons. The third-order valence-electron chi connectivity index (χ3n) is 3.45. The summed E-state index contributed by atoms with van der Waals surface area (Å²) in [6, 6.07) is 6.74. The SMILES string of the molecule is CCC1(Nc2cccc([N+](=O)[O-])c2)CCC1. The molecule has 2 rings (SSSR count). The van der Waals surface area contributed by atoms with Gasteiger partial charge in [-0.15, -0.1) is 0 Å². The van der Waals surface area contributed by atoms with Gasteiger partial charge in [0.25, 0.3) is 5.69 Å². The van der Waals surface area contributed by atoms with Crippen molar-refractivity contribution in [2.45, 2.75) is 38.1 Å². The van der Waals surface area contributed by atoms with E-state index in [0.29, 0.717) is 0 Å². The summed E-state index contributed by atoms with van der Waals surface area (Å²) in [5, 5.41) is 14.1. The fourth-order valence-corrected chi connectivity index (χ4v) is 2.17. The molecule has 1 aromatic rings. The molecular formula is C12H16N2O2. The molecule has 4 heteroatoms. The molecule has 0 radical (unpaired) electrons. The molecule has 0 unspecified atom stereocenters. The van der Waals surface area contributed by atoms with Gasteiger partial charge in [-0.3, -0.25) is 10.1 Å². The van der Waals surface area contributed by atoms with Crippen LogP contribution in [-0.2, 0) is 0 Å². The van der Waals surface area contributed by atoms with Crippen LogP contribution in [0.4, 0.5) is 11.4 Å². The predicted molar refractivity (Wildman–Crippen MR) is 63.6 cm³/mol. The van der Waals surface area contributed by atoms with Crippen molar-refractivity contribution < 1.29 is 4.92 Å². The molecule has 1 aromatic carbocycles. The fraction of sp³-hybridized carbons (Fsp3) is 0.500. The van der Waals surface area contributed by atoms with Gasteiger partial charge in [0.05, 0.1) is 4.92 Å². The minimum atomic E-state index is -0.357. The van der Waals surface area contributed by atoms with Crippen LogP contribution in [0.3, 0.4) is 0 Å². The average molecular weight is 220 g/mol. The maximum Gasteiger partial charge on any atom is 0.271 e. The highest BCUT2D eigenvalue weighted by atomic mass is 16.6. The Morgan fingerprint density at radius 3 is 2.75 bits per heavy atom. The molecular weight excluding hydrogens is 204 g/mol. The van der Waals surface area contributed by atoms with Gasteiger partial charge < -0.3 is 5.32 Å². The first-order chi connectivity index (χ1) is 7.65. The molecule has 1 saturated carbocycles. The second-order valence-electron chi connectivity index (χ2n) is 4.42. The Morgan fingerprint density at radius 2 is 2.25 bits per heavy atom. The second kappa shape index (κ2) is 4.12. The highest BCUT2D eigenvalue weighted by Crippen LogP contribution is 2.38. The van der Waals surface area contributed by atoms with Crippen molar-refractivity contribution >= 4 is 11.4 Å². The van der Waals surface area contributed by atoms with Gasteiger partial charge in [0, 0.05) is 23.4 Å². The zero-order chi connectivity index (χ0) is 11.6. The predicted octanol–water partition coefficient (Wildman–Crippen LogP) is 3.34. The first kappa shape index (κ1) is 10.9. The normalized spacial score (nSPS) is 17.6. The number of benzene rings is 1. The largest absolute Gasteiger partial charge is 0.379 e. The number of nitro benzene ring substituents is 1. The van der Waals surface area contributed by atoms with Gasteiger partial charge in [0.2, 0.25) is 0 Å². The molecule has 0 saturated heterocycles. The van der Waals surface area contributed by atoms with Crippen molar-refractivity contribution in [3.8, 4) is 0 Å². The molecule has 1 fully saturated rings. The van der Waals surface area contributed by atoms with E-state index in [2.05, 4.69) is 12.2 Å². The number of rotatable bonds is 4. The highest BCUT2D eigenvalue weighted by molar-refractivity contribution is 5.52. The molecule has 0 atom stereocenters. The number of nitrogens with one attached hydrogen (secondary N) is 1. The van der Waals surface area contributed by atoms with Crippen molar-refractivity contribution in [2.24, 2.45) is 0 Å². The summed E-state index contributed by atoms with van der Waals surface area (Å²) in [6.45, 7) is 2.16. The first-order valence-corrected chi connectivity index (χ1v) is 5.68. The Kier molecular flexibility index (Phi) is 2.81. The standard InChI is InChI=1S/C12H16N2O2/c1-2-12(7-4-8-12)13-10-5-3-6-11(9-10)14(15)16/h3,5-6,9,13H,2,4,7-8H2,1H3. The number of hydrogen-bond donors (Lipinski definition) is 1. The molecule has 0 amide bonds. The number of hydrogen-bond acceptors (Lipinski definition) is 3. The highest BCUT2D eigenvalue weighted by Gasteiger charge is 2.34. The summed E-state index contributed by atoms with van der Waals surface area (Å²) in [5.74, 6) is 0. The van der Waals surface area contributed by atoms with Crippen LogP contribution in [0.5, 0.6) is 0 Å². The number of nitro groups is 1. The molecule has 1 aliphatic rings. The van der Waals surface area contributed by atoms with E-state index < -0.39 is 0 Å². The molecule has 16 heavy (non-hydrogen) atoms. The zero-order valence-electron chi connectivity index (χ0n) is 9.40. The molecule has 0 heterocycles. The van der Waals surface area contributed by atoms with Gasteiger partial charge in [-0.2, -0.15) is 0 Å². The van der Waals surface area contributed by atoms with Crippen molar-refractivity contribution in [2.75, 3.05) is 5.32 Å². The van der Waals surface area contributed by atoms with Gasteiger partial charge in [-0.25, -0.2) is 0 Å². The van der Waals surface area contributed by atoms with Gasteiger partial charge in [-0.05, 0) is 31.7 Å². The van der Waals surface area contributed by atoms with E-state index in [0.717, 1.165) is 24.9 Å². The third kappa shape index (κ3) is 2.01. The average Bonchev–Trinajstić information content (AvgIpc) is 2.24. The van der Waals surface area contributed by atoms with Crippen molar-refractivity contribution in [3.05, 3.63) is 34.4 Å². The second-order valence-corrected chi connectivity index (χ2v) is 4.42. The number of nitrogens with zero attached hydrogens (tertiary/aromatic N) is 1. The lowest BCUT2D eigenvalue weighted by Crippen LogP contribution is -2.44. The topological polar surface area (TPSA) is 55.2 Å². The Morgan fingerprint density at radius 1 is 1.50 bits per heavy atom. The summed E-state index contributed by atoms with van der Waals surface area (Å²) in [7, 11) is 0. The van der Waals surface area contributed by atoms with Crippen LogP contribution >= 0.6 is 0 Å². The Bertz CT molecular complexity index is 394. The summed E-state index contributed by atoms with van der Waals surface area (Å²) in [5.41, 5.74) is 1.18. The van der Waals surface area contributed by atoms with Crippen LogP contribution in [0, 0.1) is 10.1 Å². The Balaban J connectivity index is 2.15. The molecule has 0 bridgehead atoms. The number of non-ortho nitro benzene ring substituents is 1. The molecule has 0 spiro atoms. The monoisotopic (exact) mass is 220 g/mol. The van der Waals surface area contributed by atoms with Crippen LogP contribution < -0.4 is 5.32 Å². The summed E-state index contributed by atoms with van der Waals surface area (Å²) in [6.07, 6.45) is 4.63. The van der Waals surface area contributed by atoms with E-state index in [-0.39, 0.29) is 16.1 Å². The van der Waals surface area contributed by atoms with Crippen LogP contribution in [0.15, 0.2) is 24.3 Å². The first-order valence-electron chi connectivity index (χ1n) is 5.68. The maximum atomic E-state index is 10.6. The lowest BCUT2D eigenvalue weighted by Gasteiger charge is -2.42. The maximum absolute atomic E-state index is 10.6. The van der Waals surface area contributed by atoms with E-state index in [9.17, 15) is 10.1 Å². The fourth-order valence-electron chi connectivity index (χ4n) is 2.17. The molecule has 4 nitrogen and oxygen atoms in total. The lowest BCUT2D eigenvalue weighted by molar-refractivity contribution is -0.384. The minimum absolute atomic E-state index is 0.149. The zero-order valence-corrected chi connectivity index (χ0v) is 9.40. The van der Waals surface area contributed by atoms with Crippen molar-refractivity contribution in [1.82, 2.24) is 0 Å².